The molecule has 2 aliphatic heterocycles. The van der Waals surface area contributed by atoms with Crippen molar-refractivity contribution in [1.29, 1.82) is 0 Å². The van der Waals surface area contributed by atoms with E-state index in [9.17, 15) is 14.7 Å². The lowest BCUT2D eigenvalue weighted by molar-refractivity contribution is -0.126. The number of aromatic nitrogens is 2. The Balaban J connectivity index is 1.34. The summed E-state index contributed by atoms with van der Waals surface area (Å²) in [4.78, 5) is 29.9. The monoisotopic (exact) mass is 455 g/mol. The summed E-state index contributed by atoms with van der Waals surface area (Å²) in [6.07, 6.45) is 3.12. The third-order valence-electron chi connectivity index (χ3n) is 6.68. The van der Waals surface area contributed by atoms with E-state index in [4.69, 9.17) is 4.74 Å². The first-order valence-electron chi connectivity index (χ1n) is 11.7. The zero-order valence-corrected chi connectivity index (χ0v) is 19.3. The number of piperidine rings is 1. The normalized spacial score (nSPS) is 21.8. The summed E-state index contributed by atoms with van der Waals surface area (Å²) in [6.45, 7) is 4.77. The molecule has 4 rings (SSSR count). The third kappa shape index (κ3) is 5.20. The first-order valence-corrected chi connectivity index (χ1v) is 11.7. The molecule has 1 aromatic carbocycles. The predicted octanol–water partition coefficient (Wildman–Crippen LogP) is 1.27. The lowest BCUT2D eigenvalue weighted by Gasteiger charge is -2.38. The van der Waals surface area contributed by atoms with E-state index < -0.39 is 6.10 Å². The van der Waals surface area contributed by atoms with Crippen LogP contribution < -0.4 is 10.1 Å². The Morgan fingerprint density at radius 2 is 2.03 bits per heavy atom. The first kappa shape index (κ1) is 23.3. The van der Waals surface area contributed by atoms with Crippen molar-refractivity contribution in [2.75, 3.05) is 26.7 Å². The third-order valence-corrected chi connectivity index (χ3v) is 6.68. The van der Waals surface area contributed by atoms with Gasteiger partial charge in [-0.3, -0.25) is 19.2 Å². The van der Waals surface area contributed by atoms with Gasteiger partial charge < -0.3 is 20.1 Å². The fourth-order valence-corrected chi connectivity index (χ4v) is 4.92. The number of nitrogens with zero attached hydrogens (tertiary/aromatic N) is 4. The highest BCUT2D eigenvalue weighted by atomic mass is 16.5. The molecule has 0 bridgehead atoms. The number of aryl methyl sites for hydroxylation is 1. The molecule has 3 heterocycles. The number of hydrogen-bond donors (Lipinski definition) is 2. The van der Waals surface area contributed by atoms with Crippen molar-refractivity contribution in [2.45, 2.75) is 57.5 Å². The van der Waals surface area contributed by atoms with Crippen LogP contribution in [0.2, 0.25) is 0 Å². The lowest BCUT2D eigenvalue weighted by atomic mass is 10.0. The summed E-state index contributed by atoms with van der Waals surface area (Å²) in [5.74, 6) is 0.685. The quantitative estimate of drug-likeness (QED) is 0.652. The van der Waals surface area contributed by atoms with Gasteiger partial charge in [0.15, 0.2) is 0 Å². The fourth-order valence-electron chi connectivity index (χ4n) is 4.92. The zero-order valence-electron chi connectivity index (χ0n) is 19.3. The Hall–Kier alpha value is -2.91. The minimum absolute atomic E-state index is 0.00170. The van der Waals surface area contributed by atoms with Crippen LogP contribution in [0.5, 0.6) is 5.75 Å². The van der Waals surface area contributed by atoms with Crippen molar-refractivity contribution in [1.82, 2.24) is 24.9 Å². The summed E-state index contributed by atoms with van der Waals surface area (Å²) < 4.78 is 6.96. The summed E-state index contributed by atoms with van der Waals surface area (Å²) in [5, 5.41) is 17.5. The van der Waals surface area contributed by atoms with Crippen molar-refractivity contribution < 1.29 is 19.4 Å². The van der Waals surface area contributed by atoms with Crippen molar-refractivity contribution >= 4 is 11.8 Å². The average molecular weight is 456 g/mol. The maximum atomic E-state index is 13.0. The summed E-state index contributed by atoms with van der Waals surface area (Å²) in [6, 6.07) is 9.17. The number of aliphatic hydroxyl groups excluding tert-OH is 1. The minimum Gasteiger partial charge on any atom is -0.497 e. The second-order valence-electron chi connectivity index (χ2n) is 8.73. The van der Waals surface area contributed by atoms with Crippen molar-refractivity contribution in [3.63, 3.8) is 0 Å². The Morgan fingerprint density at radius 3 is 2.76 bits per heavy atom. The highest BCUT2D eigenvalue weighted by Gasteiger charge is 2.41. The summed E-state index contributed by atoms with van der Waals surface area (Å²) >= 11 is 0. The number of amides is 2. The molecule has 9 nitrogen and oxygen atoms in total. The largest absolute Gasteiger partial charge is 0.497 e. The van der Waals surface area contributed by atoms with E-state index in [0.717, 1.165) is 24.2 Å². The number of ether oxygens (including phenoxy) is 1. The molecule has 1 aromatic heterocycles. The number of aliphatic hydroxyl groups is 1. The molecule has 33 heavy (non-hydrogen) atoms. The molecule has 2 aliphatic rings. The van der Waals surface area contributed by atoms with Crippen LogP contribution in [0, 0.1) is 0 Å². The van der Waals surface area contributed by atoms with Crippen molar-refractivity contribution in [2.24, 2.45) is 0 Å². The molecule has 0 unspecified atom stereocenters. The van der Waals surface area contributed by atoms with Gasteiger partial charge in [-0.15, -0.1) is 0 Å². The molecule has 9 heteroatoms. The van der Waals surface area contributed by atoms with E-state index in [1.54, 1.807) is 24.1 Å². The molecule has 178 valence electrons. The topological polar surface area (TPSA) is 99.9 Å². The molecule has 2 amide bonds. The van der Waals surface area contributed by atoms with Crippen LogP contribution in [0.4, 0.5) is 0 Å². The number of β-amino-alcohol motifs (C(OH)–C–C–N with tert-alkyl or cyclic N) is 1. The Labute approximate surface area is 194 Å². The summed E-state index contributed by atoms with van der Waals surface area (Å²) in [5.41, 5.74) is 1.58. The molecule has 2 atom stereocenters. The van der Waals surface area contributed by atoms with Crippen LogP contribution in [0.3, 0.4) is 0 Å². The number of rotatable bonds is 7. The number of methoxy groups -OCH3 is 1. The van der Waals surface area contributed by atoms with Gasteiger partial charge in [0.25, 0.3) is 5.91 Å². The Morgan fingerprint density at radius 1 is 1.24 bits per heavy atom. The van der Waals surface area contributed by atoms with Gasteiger partial charge in [0, 0.05) is 45.0 Å². The van der Waals surface area contributed by atoms with E-state index in [1.165, 1.54) is 0 Å². The number of likely N-dealkylation sites (tertiary alicyclic amines) is 2. The van der Waals surface area contributed by atoms with E-state index in [-0.39, 0.29) is 23.9 Å². The number of nitrogens with one attached hydrogen (secondary N) is 1. The van der Waals surface area contributed by atoms with Gasteiger partial charge >= 0.3 is 0 Å². The predicted molar refractivity (Wildman–Crippen MR) is 123 cm³/mol. The first-order chi connectivity index (χ1) is 16.0. The molecular weight excluding hydrogens is 422 g/mol. The van der Waals surface area contributed by atoms with Crippen LogP contribution in [-0.2, 0) is 17.9 Å². The van der Waals surface area contributed by atoms with Gasteiger partial charge in [0.2, 0.25) is 5.91 Å². The van der Waals surface area contributed by atoms with Gasteiger partial charge in [0.05, 0.1) is 19.3 Å². The van der Waals surface area contributed by atoms with Gasteiger partial charge in [-0.05, 0) is 49.9 Å². The van der Waals surface area contributed by atoms with E-state index >= 15 is 0 Å². The smallest absolute Gasteiger partial charge is 0.272 e. The van der Waals surface area contributed by atoms with Crippen molar-refractivity contribution in [3.8, 4) is 5.75 Å². The number of carbonyl (C=O) groups excluding carboxylic acids is 2. The molecule has 2 N–H and O–H groups in total. The van der Waals surface area contributed by atoms with Gasteiger partial charge in [0.1, 0.15) is 11.4 Å². The zero-order chi connectivity index (χ0) is 23.4. The fraction of sp³-hybridized carbons (Fsp3) is 0.542. The summed E-state index contributed by atoms with van der Waals surface area (Å²) in [7, 11) is 1.62. The molecule has 2 fully saturated rings. The van der Waals surface area contributed by atoms with Crippen LogP contribution in [0.25, 0.3) is 0 Å². The molecule has 0 saturated carbocycles. The highest BCUT2D eigenvalue weighted by molar-refractivity contribution is 5.92. The van der Waals surface area contributed by atoms with Gasteiger partial charge in [-0.2, -0.15) is 5.10 Å². The molecule has 0 radical (unpaired) electrons. The van der Waals surface area contributed by atoms with E-state index in [2.05, 4.69) is 15.3 Å². The highest BCUT2D eigenvalue weighted by Crippen LogP contribution is 2.27. The van der Waals surface area contributed by atoms with Gasteiger partial charge in [-0.1, -0.05) is 12.1 Å². The number of carbonyl (C=O) groups is 2. The SMILES string of the molecule is CCn1nccc1C(=O)N1CCC(N2C[C@H](O)C[C@H]2C(=O)NCc2cccc(OC)c2)CC1. The van der Waals surface area contributed by atoms with Crippen LogP contribution in [0.15, 0.2) is 36.5 Å². The Kier molecular flexibility index (Phi) is 7.29. The maximum Gasteiger partial charge on any atom is 0.272 e. The van der Waals surface area contributed by atoms with E-state index in [0.29, 0.717) is 44.8 Å². The maximum absolute atomic E-state index is 13.0. The van der Waals surface area contributed by atoms with Gasteiger partial charge in [-0.25, -0.2) is 0 Å². The molecule has 2 aromatic rings. The van der Waals surface area contributed by atoms with E-state index in [1.807, 2.05) is 36.1 Å². The number of benzene rings is 1. The standard InChI is InChI=1S/C24H33N5O4/c1-3-29-21(7-10-26-29)24(32)27-11-8-18(9-12-27)28-16-19(30)14-22(28)23(31)25-15-17-5-4-6-20(13-17)33-2/h4-7,10,13,18-19,22,30H,3,8-9,11-12,14-16H2,1-2H3,(H,25,31)/t19-,22+/m1/s1. The number of hydrogen-bond acceptors (Lipinski definition) is 6. The second-order valence-corrected chi connectivity index (χ2v) is 8.73. The molecule has 2 saturated heterocycles. The molecular formula is C24H33N5O4. The average Bonchev–Trinajstić information content (AvgIpc) is 3.49. The Bertz CT molecular complexity index is 969. The van der Waals surface area contributed by atoms with Crippen LogP contribution >= 0.6 is 0 Å². The van der Waals surface area contributed by atoms with Crippen molar-refractivity contribution in [3.05, 3.63) is 47.8 Å². The minimum atomic E-state index is -0.517. The lowest BCUT2D eigenvalue weighted by Crippen LogP contribution is -2.52. The van der Waals surface area contributed by atoms with Crippen LogP contribution in [-0.4, -0.2) is 81.4 Å². The molecule has 0 aliphatic carbocycles. The molecule has 0 spiro atoms. The van der Waals surface area contributed by atoms with Crippen LogP contribution in [0.1, 0.15) is 42.2 Å². The second kappa shape index (κ2) is 10.4.